The normalized spacial score (nSPS) is 15.7. The van der Waals surface area contributed by atoms with Crippen molar-refractivity contribution in [1.29, 1.82) is 0 Å². The minimum absolute atomic E-state index is 0.208. The molecule has 0 bridgehead atoms. The number of pyridine rings is 1. The predicted octanol–water partition coefficient (Wildman–Crippen LogP) is 1.64. The van der Waals surface area contributed by atoms with Crippen LogP contribution in [0.4, 0.5) is 16.4 Å². The molecule has 146 valence electrons. The second-order valence-electron chi connectivity index (χ2n) is 7.84. The van der Waals surface area contributed by atoms with Crippen LogP contribution in [0.3, 0.4) is 0 Å². The van der Waals surface area contributed by atoms with Gasteiger partial charge in [-0.05, 0) is 45.6 Å². The number of anilines is 2. The summed E-state index contributed by atoms with van der Waals surface area (Å²) in [4.78, 5) is 30.2. The largest absolute Gasteiger partial charge is 0.444 e. The van der Waals surface area contributed by atoms with Crippen LogP contribution in [0.15, 0.2) is 17.1 Å². The Balaban J connectivity index is 1.59. The van der Waals surface area contributed by atoms with Gasteiger partial charge in [-0.2, -0.15) is 5.10 Å². The molecule has 1 amide bonds. The number of nitrogens with two attached hydrogens (primary N) is 1. The number of aromatic nitrogens is 3. The molecule has 27 heavy (non-hydrogen) atoms. The first-order valence-corrected chi connectivity index (χ1v) is 9.08. The molecule has 0 saturated carbocycles. The summed E-state index contributed by atoms with van der Waals surface area (Å²) in [7, 11) is 0. The quantitative estimate of drug-likeness (QED) is 0.745. The Hall–Kier alpha value is -2.84. The Bertz CT molecular complexity index is 881. The van der Waals surface area contributed by atoms with Gasteiger partial charge in [0.2, 0.25) is 0 Å². The number of carbonyl (C=O) groups excluding carboxylic acids is 1. The molecule has 3 heterocycles. The van der Waals surface area contributed by atoms with Crippen LogP contribution < -0.4 is 21.5 Å². The molecule has 0 unspecified atom stereocenters. The molecule has 2 aromatic heterocycles. The number of fused-ring (bicyclic) bond motifs is 1. The first-order valence-electron chi connectivity index (χ1n) is 9.08. The smallest absolute Gasteiger partial charge is 0.407 e. The van der Waals surface area contributed by atoms with E-state index in [-0.39, 0.29) is 17.5 Å². The fraction of sp³-hybridized carbons (Fsp3) is 0.556. The molecule has 0 atom stereocenters. The molecular formula is C18H26N6O3. The van der Waals surface area contributed by atoms with Crippen molar-refractivity contribution >= 4 is 28.5 Å². The van der Waals surface area contributed by atoms with Gasteiger partial charge in [0.25, 0.3) is 5.56 Å². The van der Waals surface area contributed by atoms with Gasteiger partial charge < -0.3 is 20.7 Å². The number of alkyl carbamates (subject to hydrolysis) is 1. The van der Waals surface area contributed by atoms with Gasteiger partial charge >= 0.3 is 6.09 Å². The maximum atomic E-state index is 11.8. The zero-order valence-electron chi connectivity index (χ0n) is 15.9. The summed E-state index contributed by atoms with van der Waals surface area (Å²) < 4.78 is 5.26. The molecule has 4 N–H and O–H groups in total. The van der Waals surface area contributed by atoms with E-state index in [2.05, 4.69) is 25.4 Å². The minimum atomic E-state index is -0.494. The van der Waals surface area contributed by atoms with E-state index in [0.29, 0.717) is 23.2 Å². The Morgan fingerprint density at radius 1 is 1.41 bits per heavy atom. The van der Waals surface area contributed by atoms with Crippen molar-refractivity contribution in [3.05, 3.63) is 22.6 Å². The Labute approximate surface area is 157 Å². The number of nitrogens with one attached hydrogen (secondary N) is 2. The van der Waals surface area contributed by atoms with E-state index in [1.807, 2.05) is 26.8 Å². The molecular weight excluding hydrogens is 348 g/mol. The van der Waals surface area contributed by atoms with Crippen LogP contribution in [0, 0.1) is 5.92 Å². The van der Waals surface area contributed by atoms with Gasteiger partial charge in [-0.3, -0.25) is 4.79 Å². The number of piperidine rings is 1. The highest BCUT2D eigenvalue weighted by molar-refractivity contribution is 5.91. The number of H-pyrrole nitrogens is 1. The summed E-state index contributed by atoms with van der Waals surface area (Å²) >= 11 is 0. The lowest BCUT2D eigenvalue weighted by Gasteiger charge is -2.33. The molecule has 0 aliphatic carbocycles. The third-order valence-electron chi connectivity index (χ3n) is 4.53. The Kier molecular flexibility index (Phi) is 5.20. The van der Waals surface area contributed by atoms with Gasteiger partial charge in [0.1, 0.15) is 17.2 Å². The summed E-state index contributed by atoms with van der Waals surface area (Å²) in [6, 6.07) is 1.84. The van der Waals surface area contributed by atoms with Crippen molar-refractivity contribution < 1.29 is 9.53 Å². The Morgan fingerprint density at radius 2 is 2.11 bits per heavy atom. The number of rotatable bonds is 3. The van der Waals surface area contributed by atoms with Crippen LogP contribution in [0.25, 0.3) is 10.8 Å². The summed E-state index contributed by atoms with van der Waals surface area (Å²) in [6.45, 7) is 7.73. The standard InChI is InChI=1S/C18H26N6O3/c1-18(2,3)27-17(26)20-9-11-4-6-24(7-5-11)13-8-12-10-21-23-16(25)14(12)15(19)22-13/h8,10-11H,4-7,9H2,1-3H3,(H2,19,22)(H,20,26)(H,23,25). The van der Waals surface area contributed by atoms with E-state index in [9.17, 15) is 9.59 Å². The second kappa shape index (κ2) is 7.42. The fourth-order valence-corrected chi connectivity index (χ4v) is 3.21. The number of hydrogen-bond donors (Lipinski definition) is 3. The SMILES string of the molecule is CC(C)(C)OC(=O)NCC1CCN(c2cc3cn[nH]c(=O)c3c(N)n2)CC1. The lowest BCUT2D eigenvalue weighted by atomic mass is 9.97. The third kappa shape index (κ3) is 4.66. The molecule has 9 heteroatoms. The average molecular weight is 374 g/mol. The summed E-state index contributed by atoms with van der Waals surface area (Å²) in [5.41, 5.74) is 5.14. The summed E-state index contributed by atoms with van der Waals surface area (Å²) in [5.74, 6) is 1.34. The number of carbonyl (C=O) groups is 1. The van der Waals surface area contributed by atoms with E-state index in [4.69, 9.17) is 10.5 Å². The fourth-order valence-electron chi connectivity index (χ4n) is 3.21. The zero-order chi connectivity index (χ0) is 19.6. The van der Waals surface area contributed by atoms with Gasteiger partial charge in [0.15, 0.2) is 0 Å². The lowest BCUT2D eigenvalue weighted by Crippen LogP contribution is -2.40. The summed E-state index contributed by atoms with van der Waals surface area (Å²) in [6.07, 6.45) is 3.04. The van der Waals surface area contributed by atoms with Crippen molar-refractivity contribution in [1.82, 2.24) is 20.5 Å². The highest BCUT2D eigenvalue weighted by Crippen LogP contribution is 2.25. The summed E-state index contributed by atoms with van der Waals surface area (Å²) in [5, 5.41) is 10.1. The van der Waals surface area contributed by atoms with E-state index < -0.39 is 5.60 Å². The molecule has 1 fully saturated rings. The minimum Gasteiger partial charge on any atom is -0.444 e. The van der Waals surface area contributed by atoms with Crippen molar-refractivity contribution in [2.75, 3.05) is 30.3 Å². The van der Waals surface area contributed by atoms with E-state index >= 15 is 0 Å². The molecule has 0 spiro atoms. The molecule has 1 saturated heterocycles. The second-order valence-corrected chi connectivity index (χ2v) is 7.84. The van der Waals surface area contributed by atoms with Crippen molar-refractivity contribution in [3.63, 3.8) is 0 Å². The number of nitrogens with zero attached hydrogens (tertiary/aromatic N) is 3. The number of ether oxygens (including phenoxy) is 1. The van der Waals surface area contributed by atoms with Crippen LogP contribution >= 0.6 is 0 Å². The molecule has 0 aromatic carbocycles. The van der Waals surface area contributed by atoms with E-state index in [1.54, 1.807) is 6.20 Å². The van der Waals surface area contributed by atoms with E-state index in [1.165, 1.54) is 0 Å². The number of nitrogen functional groups attached to an aromatic ring is 1. The molecule has 3 rings (SSSR count). The van der Waals surface area contributed by atoms with Crippen molar-refractivity contribution in [2.45, 2.75) is 39.2 Å². The maximum absolute atomic E-state index is 11.8. The molecule has 0 radical (unpaired) electrons. The topological polar surface area (TPSA) is 126 Å². The van der Waals surface area contributed by atoms with Crippen molar-refractivity contribution in [3.8, 4) is 0 Å². The van der Waals surface area contributed by atoms with Crippen LogP contribution in [-0.4, -0.2) is 46.5 Å². The van der Waals surface area contributed by atoms with Crippen LogP contribution in [0.2, 0.25) is 0 Å². The van der Waals surface area contributed by atoms with E-state index in [0.717, 1.165) is 31.7 Å². The first-order chi connectivity index (χ1) is 12.7. The van der Waals surface area contributed by atoms with Gasteiger partial charge in [0.05, 0.1) is 11.6 Å². The molecule has 1 aliphatic rings. The number of aromatic amines is 1. The van der Waals surface area contributed by atoms with Gasteiger partial charge in [-0.1, -0.05) is 0 Å². The lowest BCUT2D eigenvalue weighted by molar-refractivity contribution is 0.0517. The highest BCUT2D eigenvalue weighted by atomic mass is 16.6. The predicted molar refractivity (Wildman–Crippen MR) is 104 cm³/mol. The monoisotopic (exact) mass is 374 g/mol. The van der Waals surface area contributed by atoms with Crippen molar-refractivity contribution in [2.24, 2.45) is 5.92 Å². The van der Waals surface area contributed by atoms with Gasteiger partial charge in [-0.25, -0.2) is 14.9 Å². The number of amides is 1. The van der Waals surface area contributed by atoms with Gasteiger partial charge in [0, 0.05) is 25.0 Å². The van der Waals surface area contributed by atoms with Crippen LogP contribution in [0.1, 0.15) is 33.6 Å². The molecule has 9 nitrogen and oxygen atoms in total. The average Bonchev–Trinajstić information content (AvgIpc) is 2.58. The van der Waals surface area contributed by atoms with Crippen LogP contribution in [0.5, 0.6) is 0 Å². The van der Waals surface area contributed by atoms with Crippen LogP contribution in [-0.2, 0) is 4.74 Å². The highest BCUT2D eigenvalue weighted by Gasteiger charge is 2.23. The van der Waals surface area contributed by atoms with Gasteiger partial charge in [-0.15, -0.1) is 0 Å². The maximum Gasteiger partial charge on any atom is 0.407 e. The molecule has 1 aliphatic heterocycles. The molecule has 2 aromatic rings. The number of hydrogen-bond acceptors (Lipinski definition) is 7. The zero-order valence-corrected chi connectivity index (χ0v) is 15.9. The first kappa shape index (κ1) is 18.9. The third-order valence-corrected chi connectivity index (χ3v) is 4.53. The Morgan fingerprint density at radius 3 is 2.78 bits per heavy atom.